The Bertz CT molecular complexity index is 1140. The Morgan fingerprint density at radius 3 is 2.34 bits per heavy atom. The van der Waals surface area contributed by atoms with Gasteiger partial charge in [-0.2, -0.15) is 0 Å². The SMILES string of the molecule is CCOC(=O)c1cccc(CS(=O)(=O)c2ccc(-c3ccc(Cl)cc3Cl)cc2)c1. The summed E-state index contributed by atoms with van der Waals surface area (Å²) in [6, 6.07) is 18.1. The van der Waals surface area contributed by atoms with Crippen LogP contribution < -0.4 is 0 Å². The van der Waals surface area contributed by atoms with Crippen molar-refractivity contribution in [1.82, 2.24) is 0 Å². The molecule has 0 heterocycles. The standard InChI is InChI=1S/C22H18Cl2O4S/c1-2-28-22(25)17-5-3-4-15(12-17)14-29(26,27)19-9-6-16(7-10-19)20-11-8-18(23)13-21(20)24/h3-13H,2,14H2,1H3. The second kappa shape index (κ2) is 8.99. The van der Waals surface area contributed by atoms with Crippen molar-refractivity contribution in [3.05, 3.63) is 87.9 Å². The Labute approximate surface area is 180 Å². The Morgan fingerprint density at radius 2 is 1.69 bits per heavy atom. The Morgan fingerprint density at radius 1 is 0.966 bits per heavy atom. The lowest BCUT2D eigenvalue weighted by Gasteiger charge is -2.09. The van der Waals surface area contributed by atoms with E-state index in [4.69, 9.17) is 27.9 Å². The van der Waals surface area contributed by atoms with E-state index >= 15 is 0 Å². The van der Waals surface area contributed by atoms with Crippen LogP contribution >= 0.6 is 23.2 Å². The number of esters is 1. The molecule has 0 unspecified atom stereocenters. The molecule has 29 heavy (non-hydrogen) atoms. The summed E-state index contributed by atoms with van der Waals surface area (Å²) in [7, 11) is -3.59. The van der Waals surface area contributed by atoms with E-state index in [1.165, 1.54) is 6.07 Å². The molecule has 0 atom stereocenters. The molecule has 3 rings (SSSR count). The highest BCUT2D eigenvalue weighted by Gasteiger charge is 2.17. The normalized spacial score (nSPS) is 11.3. The van der Waals surface area contributed by atoms with Crippen molar-refractivity contribution in [3.63, 3.8) is 0 Å². The van der Waals surface area contributed by atoms with Gasteiger partial charge in [0.2, 0.25) is 0 Å². The summed E-state index contributed by atoms with van der Waals surface area (Å²) in [4.78, 5) is 12.1. The van der Waals surface area contributed by atoms with E-state index in [-0.39, 0.29) is 17.3 Å². The summed E-state index contributed by atoms with van der Waals surface area (Å²) in [6.07, 6.45) is 0. The quantitative estimate of drug-likeness (QED) is 0.446. The molecule has 3 aromatic rings. The highest BCUT2D eigenvalue weighted by molar-refractivity contribution is 7.90. The van der Waals surface area contributed by atoms with Crippen LogP contribution in [0.4, 0.5) is 0 Å². The van der Waals surface area contributed by atoms with Crippen molar-refractivity contribution in [2.75, 3.05) is 6.61 Å². The molecule has 0 radical (unpaired) electrons. The first-order chi connectivity index (χ1) is 13.8. The smallest absolute Gasteiger partial charge is 0.338 e. The fraction of sp³-hybridized carbons (Fsp3) is 0.136. The van der Waals surface area contributed by atoms with Crippen LogP contribution in [0.5, 0.6) is 0 Å². The largest absolute Gasteiger partial charge is 0.462 e. The molecule has 4 nitrogen and oxygen atoms in total. The fourth-order valence-electron chi connectivity index (χ4n) is 2.87. The first-order valence-electron chi connectivity index (χ1n) is 8.84. The molecule has 0 aliphatic carbocycles. The molecule has 0 bridgehead atoms. The van der Waals surface area contributed by atoms with Gasteiger partial charge in [0.15, 0.2) is 9.84 Å². The number of rotatable bonds is 6. The summed E-state index contributed by atoms with van der Waals surface area (Å²) >= 11 is 12.1. The Balaban J connectivity index is 1.83. The molecule has 0 saturated carbocycles. The first kappa shape index (κ1) is 21.4. The predicted octanol–water partition coefficient (Wildman–Crippen LogP) is 5.81. The maximum atomic E-state index is 12.8. The number of carbonyl (C=O) groups excluding carboxylic acids is 1. The van der Waals surface area contributed by atoms with Crippen LogP contribution in [0.3, 0.4) is 0 Å². The molecule has 0 spiro atoms. The highest BCUT2D eigenvalue weighted by atomic mass is 35.5. The molecule has 0 N–H and O–H groups in total. The molecule has 3 aromatic carbocycles. The van der Waals surface area contributed by atoms with Crippen LogP contribution in [0.1, 0.15) is 22.8 Å². The monoisotopic (exact) mass is 448 g/mol. The summed E-state index contributed by atoms with van der Waals surface area (Å²) in [5.74, 6) is -0.697. The van der Waals surface area contributed by atoms with Crippen LogP contribution in [0.2, 0.25) is 10.0 Å². The maximum Gasteiger partial charge on any atom is 0.338 e. The number of sulfone groups is 1. The van der Waals surface area contributed by atoms with Gasteiger partial charge < -0.3 is 4.74 Å². The lowest BCUT2D eigenvalue weighted by atomic mass is 10.1. The van der Waals surface area contributed by atoms with E-state index in [2.05, 4.69) is 0 Å². The van der Waals surface area contributed by atoms with Gasteiger partial charge in [-0.25, -0.2) is 13.2 Å². The van der Waals surface area contributed by atoms with Gasteiger partial charge in [0.25, 0.3) is 0 Å². The zero-order valence-electron chi connectivity index (χ0n) is 15.6. The zero-order valence-corrected chi connectivity index (χ0v) is 17.9. The molecule has 0 aromatic heterocycles. The van der Waals surface area contributed by atoms with Crippen molar-refractivity contribution in [1.29, 1.82) is 0 Å². The van der Waals surface area contributed by atoms with Crippen molar-refractivity contribution in [2.24, 2.45) is 0 Å². The Kier molecular flexibility index (Phi) is 6.63. The van der Waals surface area contributed by atoms with Crippen LogP contribution in [0, 0.1) is 0 Å². The molecule has 0 aliphatic rings. The van der Waals surface area contributed by atoms with Gasteiger partial charge in [0, 0.05) is 15.6 Å². The van der Waals surface area contributed by atoms with Crippen LogP contribution in [0.15, 0.2) is 71.6 Å². The molecule has 0 amide bonds. The summed E-state index contributed by atoms with van der Waals surface area (Å²) in [5, 5.41) is 1.02. The van der Waals surface area contributed by atoms with Gasteiger partial charge in [-0.3, -0.25) is 0 Å². The van der Waals surface area contributed by atoms with Crippen molar-refractivity contribution in [3.8, 4) is 11.1 Å². The minimum absolute atomic E-state index is 0.188. The second-order valence-corrected chi connectivity index (χ2v) is 9.16. The van der Waals surface area contributed by atoms with Crippen LogP contribution in [-0.4, -0.2) is 21.0 Å². The van der Waals surface area contributed by atoms with Gasteiger partial charge >= 0.3 is 5.97 Å². The summed E-state index contributed by atoms with van der Waals surface area (Å²) in [5.41, 5.74) is 2.39. The Hall–Kier alpha value is -2.34. The molecule has 0 saturated heterocycles. The number of ether oxygens (including phenoxy) is 1. The molecular formula is C22H18Cl2O4S. The number of hydrogen-bond acceptors (Lipinski definition) is 4. The second-order valence-electron chi connectivity index (χ2n) is 6.33. The topological polar surface area (TPSA) is 60.4 Å². The minimum Gasteiger partial charge on any atom is -0.462 e. The average Bonchev–Trinajstić information content (AvgIpc) is 2.68. The third kappa shape index (κ3) is 5.18. The first-order valence-corrected chi connectivity index (χ1v) is 11.3. The molecule has 0 aliphatic heterocycles. The van der Waals surface area contributed by atoms with Gasteiger partial charge in [-0.15, -0.1) is 0 Å². The third-order valence-electron chi connectivity index (χ3n) is 4.25. The minimum atomic E-state index is -3.59. The van der Waals surface area contributed by atoms with Crippen molar-refractivity contribution < 1.29 is 17.9 Å². The van der Waals surface area contributed by atoms with E-state index in [0.717, 1.165) is 11.1 Å². The number of hydrogen-bond donors (Lipinski definition) is 0. The molecule has 0 fully saturated rings. The van der Waals surface area contributed by atoms with E-state index in [1.807, 2.05) is 0 Å². The van der Waals surface area contributed by atoms with Gasteiger partial charge in [-0.1, -0.05) is 53.5 Å². The highest BCUT2D eigenvalue weighted by Crippen LogP contribution is 2.31. The van der Waals surface area contributed by atoms with E-state index in [9.17, 15) is 13.2 Å². The number of benzene rings is 3. The van der Waals surface area contributed by atoms with Crippen molar-refractivity contribution >= 4 is 39.0 Å². The fourth-order valence-corrected chi connectivity index (χ4v) is 4.72. The molecule has 150 valence electrons. The molecular weight excluding hydrogens is 431 g/mol. The number of halogens is 2. The average molecular weight is 449 g/mol. The van der Waals surface area contributed by atoms with Crippen molar-refractivity contribution in [2.45, 2.75) is 17.6 Å². The third-order valence-corrected chi connectivity index (χ3v) is 6.50. The lowest BCUT2D eigenvalue weighted by Crippen LogP contribution is -2.08. The van der Waals surface area contributed by atoms with E-state index in [0.29, 0.717) is 21.2 Å². The van der Waals surface area contributed by atoms with Gasteiger partial charge in [0.1, 0.15) is 0 Å². The maximum absolute atomic E-state index is 12.8. The molecule has 7 heteroatoms. The van der Waals surface area contributed by atoms with Crippen LogP contribution in [0.25, 0.3) is 11.1 Å². The predicted molar refractivity (Wildman–Crippen MR) is 115 cm³/mol. The summed E-state index contributed by atoms with van der Waals surface area (Å²) in [6.45, 7) is 1.97. The van der Waals surface area contributed by atoms with Gasteiger partial charge in [-0.05, 0) is 54.4 Å². The van der Waals surface area contributed by atoms with E-state index in [1.54, 1.807) is 67.6 Å². The lowest BCUT2D eigenvalue weighted by molar-refractivity contribution is 0.0526. The number of carbonyl (C=O) groups is 1. The summed E-state index contributed by atoms with van der Waals surface area (Å²) < 4.78 is 30.6. The van der Waals surface area contributed by atoms with Crippen LogP contribution in [-0.2, 0) is 20.3 Å². The van der Waals surface area contributed by atoms with E-state index < -0.39 is 15.8 Å². The van der Waals surface area contributed by atoms with Gasteiger partial charge in [0.05, 0.1) is 22.8 Å². The zero-order chi connectivity index (χ0) is 21.0.